The van der Waals surface area contributed by atoms with Crippen LogP contribution in [0.15, 0.2) is 35.1 Å². The normalized spacial score (nSPS) is 18.0. The summed E-state index contributed by atoms with van der Waals surface area (Å²) in [5, 5.41) is 0. The number of aromatic nitrogens is 1. The topological polar surface area (TPSA) is 49.6 Å². The van der Waals surface area contributed by atoms with Gasteiger partial charge in [0.25, 0.3) is 5.91 Å². The molecule has 0 saturated carbocycles. The first kappa shape index (κ1) is 18.6. The van der Waals surface area contributed by atoms with Crippen molar-refractivity contribution in [1.29, 1.82) is 0 Å². The maximum atomic E-state index is 13.0. The molecule has 0 N–H and O–H groups in total. The van der Waals surface area contributed by atoms with E-state index < -0.39 is 0 Å². The summed E-state index contributed by atoms with van der Waals surface area (Å²) >= 11 is 0. The van der Waals surface area contributed by atoms with Gasteiger partial charge in [0.05, 0.1) is 5.69 Å². The molecule has 3 rings (SSSR count). The van der Waals surface area contributed by atoms with Gasteiger partial charge in [-0.1, -0.05) is 12.1 Å². The van der Waals surface area contributed by atoms with Crippen LogP contribution in [0.3, 0.4) is 0 Å². The lowest BCUT2D eigenvalue weighted by molar-refractivity contribution is 0.0699. The summed E-state index contributed by atoms with van der Waals surface area (Å²) in [6.07, 6.45) is 4.49. The Hall–Kier alpha value is -2.21. The first-order chi connectivity index (χ1) is 12.5. The number of nitrogens with zero attached hydrogens (tertiary/aromatic N) is 3. The molecule has 1 aromatic carbocycles. The molecule has 1 aliphatic heterocycles. The number of oxazole rings is 1. The van der Waals surface area contributed by atoms with Crippen molar-refractivity contribution in [2.45, 2.75) is 26.2 Å². The summed E-state index contributed by atoms with van der Waals surface area (Å²) in [6.45, 7) is 5.51. The minimum absolute atomic E-state index is 0.108. The second-order valence-electron chi connectivity index (χ2n) is 7.14. The Bertz CT molecular complexity index is 729. The summed E-state index contributed by atoms with van der Waals surface area (Å²) in [4.78, 5) is 20.6. The van der Waals surface area contributed by atoms with Gasteiger partial charge < -0.3 is 14.2 Å². The van der Waals surface area contributed by atoms with Gasteiger partial charge in [0, 0.05) is 26.7 Å². The van der Waals surface area contributed by atoms with Crippen LogP contribution in [0.4, 0.5) is 4.39 Å². The van der Waals surface area contributed by atoms with E-state index in [0.717, 1.165) is 44.5 Å². The maximum Gasteiger partial charge on any atom is 0.291 e. The molecule has 1 atom stereocenters. The minimum atomic E-state index is -0.193. The Morgan fingerprint density at radius 1 is 1.38 bits per heavy atom. The molecular formula is C20H26FN3O2. The molecule has 1 amide bonds. The second kappa shape index (κ2) is 8.45. The maximum absolute atomic E-state index is 13.0. The van der Waals surface area contributed by atoms with Crippen molar-refractivity contribution in [3.05, 3.63) is 53.5 Å². The molecule has 140 valence electrons. The molecule has 0 bridgehead atoms. The average Bonchev–Trinajstić information content (AvgIpc) is 3.07. The van der Waals surface area contributed by atoms with Crippen LogP contribution in [0.2, 0.25) is 0 Å². The van der Waals surface area contributed by atoms with Crippen molar-refractivity contribution < 1.29 is 13.6 Å². The summed E-state index contributed by atoms with van der Waals surface area (Å²) in [5.41, 5.74) is 1.79. The first-order valence-corrected chi connectivity index (χ1v) is 9.15. The number of rotatable bonds is 6. The van der Waals surface area contributed by atoms with E-state index in [1.54, 1.807) is 11.8 Å². The lowest BCUT2D eigenvalue weighted by atomic mass is 9.97. The van der Waals surface area contributed by atoms with Crippen molar-refractivity contribution in [1.82, 2.24) is 14.8 Å². The van der Waals surface area contributed by atoms with Gasteiger partial charge in [-0.15, -0.1) is 0 Å². The monoisotopic (exact) mass is 359 g/mol. The van der Waals surface area contributed by atoms with Gasteiger partial charge in [-0.25, -0.2) is 9.37 Å². The number of benzene rings is 1. The number of piperidine rings is 1. The minimum Gasteiger partial charge on any atom is -0.438 e. The predicted molar refractivity (Wildman–Crippen MR) is 97.5 cm³/mol. The van der Waals surface area contributed by atoms with Crippen LogP contribution in [-0.2, 0) is 6.42 Å². The van der Waals surface area contributed by atoms with Crippen LogP contribution < -0.4 is 0 Å². The van der Waals surface area contributed by atoms with Gasteiger partial charge in [0.2, 0.25) is 5.76 Å². The standard InChI is InChI=1S/C20H26FN3O2/c1-15-19(26-14-22-15)20(25)23(2)12-17-4-3-10-24(13-17)11-9-16-5-7-18(21)8-6-16/h5-8,14,17H,3-4,9-13H2,1-2H3/t17-/m0/s1. The van der Waals surface area contributed by atoms with Crippen molar-refractivity contribution >= 4 is 5.91 Å². The average molecular weight is 359 g/mol. The quantitative estimate of drug-likeness (QED) is 0.795. The van der Waals surface area contributed by atoms with E-state index in [0.29, 0.717) is 23.9 Å². The molecule has 0 radical (unpaired) electrons. The van der Waals surface area contributed by atoms with Crippen molar-refractivity contribution in [2.24, 2.45) is 5.92 Å². The molecule has 0 spiro atoms. The third kappa shape index (κ3) is 4.69. The van der Waals surface area contributed by atoms with Crippen LogP contribution in [-0.4, -0.2) is 53.9 Å². The predicted octanol–water partition coefficient (Wildman–Crippen LogP) is 3.15. The summed E-state index contributed by atoms with van der Waals surface area (Å²) in [5.74, 6) is 0.482. The van der Waals surface area contributed by atoms with Gasteiger partial charge in [0.1, 0.15) is 5.82 Å². The number of hydrogen-bond acceptors (Lipinski definition) is 4. The number of hydrogen-bond donors (Lipinski definition) is 0. The van der Waals surface area contributed by atoms with E-state index >= 15 is 0 Å². The Balaban J connectivity index is 1.49. The number of carbonyl (C=O) groups is 1. The lowest BCUT2D eigenvalue weighted by Crippen LogP contribution is -2.42. The highest BCUT2D eigenvalue weighted by Crippen LogP contribution is 2.19. The van der Waals surface area contributed by atoms with Gasteiger partial charge >= 0.3 is 0 Å². The van der Waals surface area contributed by atoms with Gasteiger partial charge in [-0.05, 0) is 56.3 Å². The largest absolute Gasteiger partial charge is 0.438 e. The van der Waals surface area contributed by atoms with E-state index in [-0.39, 0.29) is 11.7 Å². The third-order valence-corrected chi connectivity index (χ3v) is 5.05. The van der Waals surface area contributed by atoms with Crippen LogP contribution in [0, 0.1) is 18.7 Å². The highest BCUT2D eigenvalue weighted by atomic mass is 19.1. The molecule has 1 fully saturated rings. The van der Waals surface area contributed by atoms with Crippen LogP contribution in [0.25, 0.3) is 0 Å². The molecule has 1 saturated heterocycles. The number of carbonyl (C=O) groups excluding carboxylic acids is 1. The van der Waals surface area contributed by atoms with Gasteiger partial charge in [-0.2, -0.15) is 0 Å². The zero-order chi connectivity index (χ0) is 18.5. The number of aryl methyl sites for hydroxylation is 1. The van der Waals surface area contributed by atoms with Crippen molar-refractivity contribution in [2.75, 3.05) is 33.2 Å². The fraction of sp³-hybridized carbons (Fsp3) is 0.500. The molecule has 6 heteroatoms. The van der Waals surface area contributed by atoms with Crippen molar-refractivity contribution in [3.8, 4) is 0 Å². The Kier molecular flexibility index (Phi) is 6.04. The molecule has 0 aliphatic carbocycles. The zero-order valence-electron chi connectivity index (χ0n) is 15.4. The molecule has 1 aliphatic rings. The highest BCUT2D eigenvalue weighted by Gasteiger charge is 2.25. The molecule has 5 nitrogen and oxygen atoms in total. The Morgan fingerprint density at radius 2 is 2.15 bits per heavy atom. The summed E-state index contributed by atoms with van der Waals surface area (Å²) < 4.78 is 18.2. The number of likely N-dealkylation sites (tertiary alicyclic amines) is 1. The van der Waals surface area contributed by atoms with Gasteiger partial charge in [0.15, 0.2) is 6.39 Å². The van der Waals surface area contributed by atoms with E-state index in [4.69, 9.17) is 4.42 Å². The smallest absolute Gasteiger partial charge is 0.291 e. The third-order valence-electron chi connectivity index (χ3n) is 5.05. The van der Waals surface area contributed by atoms with Crippen LogP contribution in [0.1, 0.15) is 34.7 Å². The van der Waals surface area contributed by atoms with Crippen molar-refractivity contribution in [3.63, 3.8) is 0 Å². The van der Waals surface area contributed by atoms with E-state index in [2.05, 4.69) is 9.88 Å². The highest BCUT2D eigenvalue weighted by molar-refractivity contribution is 5.92. The fourth-order valence-corrected chi connectivity index (χ4v) is 3.59. The second-order valence-corrected chi connectivity index (χ2v) is 7.14. The Morgan fingerprint density at radius 3 is 2.85 bits per heavy atom. The first-order valence-electron chi connectivity index (χ1n) is 9.15. The summed E-state index contributed by atoms with van der Waals surface area (Å²) in [6, 6.07) is 6.73. The van der Waals surface area contributed by atoms with E-state index in [9.17, 15) is 9.18 Å². The number of halogens is 1. The molecule has 0 unspecified atom stereocenters. The van der Waals surface area contributed by atoms with Gasteiger partial charge in [-0.3, -0.25) is 4.79 Å². The fourth-order valence-electron chi connectivity index (χ4n) is 3.59. The zero-order valence-corrected chi connectivity index (χ0v) is 15.4. The Labute approximate surface area is 153 Å². The SMILES string of the molecule is Cc1ncoc1C(=O)N(C)C[C@@H]1CCCN(CCc2ccc(F)cc2)C1. The van der Waals surface area contributed by atoms with E-state index in [1.807, 2.05) is 19.2 Å². The lowest BCUT2D eigenvalue weighted by Gasteiger charge is -2.34. The molecule has 26 heavy (non-hydrogen) atoms. The molecular weight excluding hydrogens is 333 g/mol. The molecule has 1 aromatic heterocycles. The molecule has 2 aromatic rings. The number of amides is 1. The van der Waals surface area contributed by atoms with E-state index in [1.165, 1.54) is 18.5 Å². The van der Waals surface area contributed by atoms with Crippen LogP contribution >= 0.6 is 0 Å². The van der Waals surface area contributed by atoms with Crippen LogP contribution in [0.5, 0.6) is 0 Å². The summed E-state index contributed by atoms with van der Waals surface area (Å²) in [7, 11) is 1.82. The molecule has 2 heterocycles.